The van der Waals surface area contributed by atoms with Gasteiger partial charge < -0.3 is 15.0 Å². The summed E-state index contributed by atoms with van der Waals surface area (Å²) in [7, 11) is 0. The molecule has 1 aliphatic rings. The van der Waals surface area contributed by atoms with Crippen LogP contribution >= 0.6 is 11.6 Å². The number of rotatable bonds is 3. The molecule has 6 nitrogen and oxygen atoms in total. The molecule has 0 unspecified atom stereocenters. The van der Waals surface area contributed by atoms with Gasteiger partial charge in [-0.2, -0.15) is 0 Å². The van der Waals surface area contributed by atoms with Crippen molar-refractivity contribution in [2.45, 2.75) is 19.8 Å². The maximum Gasteiger partial charge on any atom is 0.311 e. The second kappa shape index (κ2) is 5.28. The number of hydrogen-bond acceptors (Lipinski definition) is 3. The number of nitrogens with one attached hydrogen (secondary N) is 1. The van der Waals surface area contributed by atoms with Crippen LogP contribution in [0.3, 0.4) is 0 Å². The van der Waals surface area contributed by atoms with Gasteiger partial charge in [0.1, 0.15) is 5.65 Å². The Morgan fingerprint density at radius 3 is 3.00 bits per heavy atom. The molecule has 0 saturated carbocycles. The molecule has 0 aliphatic carbocycles. The fourth-order valence-corrected chi connectivity index (χ4v) is 3.11. The van der Waals surface area contributed by atoms with Crippen LogP contribution in [0.4, 0.5) is 0 Å². The molecule has 1 saturated heterocycles. The van der Waals surface area contributed by atoms with Gasteiger partial charge in [-0.15, -0.1) is 0 Å². The molecular weight excluding hydrogens is 306 g/mol. The first-order valence-electron chi connectivity index (χ1n) is 7.02. The average Bonchev–Trinajstić information content (AvgIpc) is 3.05. The van der Waals surface area contributed by atoms with Crippen LogP contribution in [0.25, 0.3) is 11.0 Å². The first kappa shape index (κ1) is 14.8. The SMILES string of the molecule is C[C@@]1(C(=O)O)CCN(C(=O)Cc2c[nH]c3nccc(Cl)c23)C1. The van der Waals surface area contributed by atoms with Crippen molar-refractivity contribution in [3.63, 3.8) is 0 Å². The Balaban J connectivity index is 1.79. The summed E-state index contributed by atoms with van der Waals surface area (Å²) in [4.78, 5) is 32.5. The number of amides is 1. The van der Waals surface area contributed by atoms with Gasteiger partial charge in [0.05, 0.1) is 16.9 Å². The minimum atomic E-state index is -0.859. The molecule has 7 heteroatoms. The van der Waals surface area contributed by atoms with Gasteiger partial charge in [0, 0.05) is 30.9 Å². The maximum absolute atomic E-state index is 12.4. The summed E-state index contributed by atoms with van der Waals surface area (Å²) in [5.41, 5.74) is 0.573. The van der Waals surface area contributed by atoms with Crippen molar-refractivity contribution in [3.8, 4) is 0 Å². The second-order valence-electron chi connectivity index (χ2n) is 5.94. The van der Waals surface area contributed by atoms with E-state index >= 15 is 0 Å². The number of likely N-dealkylation sites (tertiary alicyclic amines) is 1. The van der Waals surface area contributed by atoms with Gasteiger partial charge in [-0.1, -0.05) is 11.6 Å². The zero-order valence-electron chi connectivity index (χ0n) is 12.1. The number of hydrogen-bond donors (Lipinski definition) is 2. The Morgan fingerprint density at radius 1 is 1.55 bits per heavy atom. The van der Waals surface area contributed by atoms with Crippen molar-refractivity contribution in [2.75, 3.05) is 13.1 Å². The number of carbonyl (C=O) groups is 2. The molecule has 1 amide bonds. The lowest BCUT2D eigenvalue weighted by atomic mass is 9.90. The van der Waals surface area contributed by atoms with E-state index in [2.05, 4.69) is 9.97 Å². The molecule has 1 atom stereocenters. The van der Waals surface area contributed by atoms with E-state index in [0.717, 1.165) is 10.9 Å². The van der Waals surface area contributed by atoms with Gasteiger partial charge >= 0.3 is 5.97 Å². The quantitative estimate of drug-likeness (QED) is 0.906. The van der Waals surface area contributed by atoms with Crippen molar-refractivity contribution < 1.29 is 14.7 Å². The van der Waals surface area contributed by atoms with Crippen molar-refractivity contribution in [1.82, 2.24) is 14.9 Å². The Morgan fingerprint density at radius 2 is 2.32 bits per heavy atom. The summed E-state index contributed by atoms with van der Waals surface area (Å²) < 4.78 is 0. The third-order valence-electron chi connectivity index (χ3n) is 4.29. The molecule has 0 spiro atoms. The number of H-pyrrole nitrogens is 1. The Labute approximate surface area is 132 Å². The standard InChI is InChI=1S/C15H16ClN3O3/c1-15(14(21)22)3-5-19(8-15)11(20)6-9-7-18-13-12(9)10(16)2-4-17-13/h2,4,7H,3,5-6,8H2,1H3,(H,17,18)(H,21,22)/t15-/m1/s1. The third-order valence-corrected chi connectivity index (χ3v) is 4.60. The maximum atomic E-state index is 12.4. The lowest BCUT2D eigenvalue weighted by Gasteiger charge is -2.20. The predicted molar refractivity (Wildman–Crippen MR) is 81.7 cm³/mol. The molecular formula is C15H16ClN3O3. The zero-order chi connectivity index (χ0) is 15.9. The summed E-state index contributed by atoms with van der Waals surface area (Å²) in [6.07, 6.45) is 3.99. The average molecular weight is 322 g/mol. The lowest BCUT2D eigenvalue weighted by molar-refractivity contribution is -0.147. The first-order chi connectivity index (χ1) is 10.4. The van der Waals surface area contributed by atoms with Crippen molar-refractivity contribution in [1.29, 1.82) is 0 Å². The van der Waals surface area contributed by atoms with Crippen LogP contribution in [-0.2, 0) is 16.0 Å². The van der Waals surface area contributed by atoms with Gasteiger partial charge in [-0.3, -0.25) is 9.59 Å². The zero-order valence-corrected chi connectivity index (χ0v) is 12.9. The largest absolute Gasteiger partial charge is 0.481 e. The van der Waals surface area contributed by atoms with E-state index in [1.807, 2.05) is 0 Å². The van der Waals surface area contributed by atoms with E-state index in [-0.39, 0.29) is 18.9 Å². The van der Waals surface area contributed by atoms with Gasteiger partial charge in [0.2, 0.25) is 5.91 Å². The molecule has 2 N–H and O–H groups in total. The van der Waals surface area contributed by atoms with Crippen molar-refractivity contribution >= 4 is 34.5 Å². The van der Waals surface area contributed by atoms with Crippen LogP contribution < -0.4 is 0 Å². The van der Waals surface area contributed by atoms with Crippen LogP contribution in [0, 0.1) is 5.41 Å². The smallest absolute Gasteiger partial charge is 0.311 e. The van der Waals surface area contributed by atoms with Crippen LogP contribution in [0.15, 0.2) is 18.5 Å². The van der Waals surface area contributed by atoms with Crippen molar-refractivity contribution in [2.24, 2.45) is 5.41 Å². The third kappa shape index (κ3) is 2.43. The van der Waals surface area contributed by atoms with Gasteiger partial charge in [0.25, 0.3) is 0 Å². The summed E-state index contributed by atoms with van der Waals surface area (Å²) in [5, 5.41) is 10.5. The number of nitrogens with zero attached hydrogens (tertiary/aromatic N) is 2. The van der Waals surface area contributed by atoms with E-state index in [1.165, 1.54) is 0 Å². The molecule has 1 fully saturated rings. The fraction of sp³-hybridized carbons (Fsp3) is 0.400. The van der Waals surface area contributed by atoms with E-state index in [1.54, 1.807) is 30.3 Å². The highest BCUT2D eigenvalue weighted by atomic mass is 35.5. The Hall–Kier alpha value is -2.08. The summed E-state index contributed by atoms with van der Waals surface area (Å²) in [6.45, 7) is 2.39. The molecule has 22 heavy (non-hydrogen) atoms. The Bertz CT molecular complexity index is 758. The van der Waals surface area contributed by atoms with Crippen LogP contribution in [0.1, 0.15) is 18.9 Å². The number of aromatic amines is 1. The van der Waals surface area contributed by atoms with E-state index in [0.29, 0.717) is 23.6 Å². The number of pyridine rings is 1. The van der Waals surface area contributed by atoms with Crippen LogP contribution in [0.5, 0.6) is 0 Å². The van der Waals surface area contributed by atoms with Crippen molar-refractivity contribution in [3.05, 3.63) is 29.0 Å². The minimum absolute atomic E-state index is 0.0919. The molecule has 0 aromatic carbocycles. The Kier molecular flexibility index (Phi) is 3.56. The van der Waals surface area contributed by atoms with E-state index in [9.17, 15) is 14.7 Å². The van der Waals surface area contributed by atoms with Gasteiger partial charge in [-0.25, -0.2) is 4.98 Å². The highest BCUT2D eigenvalue weighted by molar-refractivity contribution is 6.35. The second-order valence-corrected chi connectivity index (χ2v) is 6.35. The normalized spacial score (nSPS) is 21.5. The summed E-state index contributed by atoms with van der Waals surface area (Å²) in [5.74, 6) is -0.951. The number of aromatic nitrogens is 2. The highest BCUT2D eigenvalue weighted by Crippen LogP contribution is 2.31. The highest BCUT2D eigenvalue weighted by Gasteiger charge is 2.42. The molecule has 3 rings (SSSR count). The van der Waals surface area contributed by atoms with Gasteiger partial charge in [-0.05, 0) is 25.0 Å². The summed E-state index contributed by atoms with van der Waals surface area (Å²) in [6, 6.07) is 1.68. The number of carboxylic acid groups (broad SMARTS) is 1. The predicted octanol–water partition coefficient (Wildman–Crippen LogP) is 2.08. The molecule has 3 heterocycles. The number of halogens is 1. The van der Waals surface area contributed by atoms with Gasteiger partial charge in [0.15, 0.2) is 0 Å². The molecule has 1 aliphatic heterocycles. The van der Waals surface area contributed by atoms with Crippen LogP contribution in [-0.4, -0.2) is 44.9 Å². The monoisotopic (exact) mass is 321 g/mol. The first-order valence-corrected chi connectivity index (χ1v) is 7.40. The molecule has 116 valence electrons. The molecule has 0 bridgehead atoms. The number of aliphatic carboxylic acids is 1. The number of fused-ring (bicyclic) bond motifs is 1. The lowest BCUT2D eigenvalue weighted by Crippen LogP contribution is -2.35. The minimum Gasteiger partial charge on any atom is -0.481 e. The molecule has 2 aromatic heterocycles. The molecule has 2 aromatic rings. The van der Waals surface area contributed by atoms with E-state index in [4.69, 9.17) is 11.6 Å². The number of carboxylic acids is 1. The van der Waals surface area contributed by atoms with E-state index < -0.39 is 11.4 Å². The van der Waals surface area contributed by atoms with Crippen LogP contribution in [0.2, 0.25) is 5.02 Å². The fourth-order valence-electron chi connectivity index (χ4n) is 2.84. The number of carbonyl (C=O) groups excluding carboxylic acids is 1. The molecule has 0 radical (unpaired) electrons. The summed E-state index contributed by atoms with van der Waals surface area (Å²) >= 11 is 6.17. The topological polar surface area (TPSA) is 86.3 Å².